The van der Waals surface area contributed by atoms with Gasteiger partial charge in [0.1, 0.15) is 11.9 Å². The average molecular weight is 291 g/mol. The summed E-state index contributed by atoms with van der Waals surface area (Å²) in [5, 5.41) is 2.81. The van der Waals surface area contributed by atoms with Crippen molar-refractivity contribution >= 4 is 17.4 Å². The molecule has 2 rings (SSSR count). The van der Waals surface area contributed by atoms with Crippen molar-refractivity contribution in [2.24, 2.45) is 0 Å². The third-order valence-corrected chi connectivity index (χ3v) is 3.23. The SMILES string of the molecule is CC(=O)c1ccc(OC(C)C)c(NC(=O)C2CCCO2)c1. The fourth-order valence-corrected chi connectivity index (χ4v) is 2.20. The number of carbonyl (C=O) groups is 2. The number of carbonyl (C=O) groups excluding carboxylic acids is 2. The zero-order chi connectivity index (χ0) is 15.4. The van der Waals surface area contributed by atoms with Gasteiger partial charge in [-0.2, -0.15) is 0 Å². The summed E-state index contributed by atoms with van der Waals surface area (Å²) < 4.78 is 11.0. The maximum atomic E-state index is 12.2. The van der Waals surface area contributed by atoms with Gasteiger partial charge < -0.3 is 14.8 Å². The zero-order valence-corrected chi connectivity index (χ0v) is 12.6. The minimum Gasteiger partial charge on any atom is -0.489 e. The minimum atomic E-state index is -0.419. The van der Waals surface area contributed by atoms with Crippen molar-refractivity contribution in [3.63, 3.8) is 0 Å². The van der Waals surface area contributed by atoms with Crippen molar-refractivity contribution in [1.82, 2.24) is 0 Å². The van der Waals surface area contributed by atoms with Crippen LogP contribution in [0.5, 0.6) is 5.75 Å². The summed E-state index contributed by atoms with van der Waals surface area (Å²) in [7, 11) is 0. The Labute approximate surface area is 124 Å². The highest BCUT2D eigenvalue weighted by molar-refractivity contribution is 5.99. The summed E-state index contributed by atoms with van der Waals surface area (Å²) in [6.45, 7) is 5.92. The second-order valence-electron chi connectivity index (χ2n) is 5.42. The lowest BCUT2D eigenvalue weighted by Crippen LogP contribution is -2.27. The molecule has 0 saturated carbocycles. The third kappa shape index (κ3) is 4.04. The fraction of sp³-hybridized carbons (Fsp3) is 0.500. The number of rotatable bonds is 5. The van der Waals surface area contributed by atoms with E-state index in [2.05, 4.69) is 5.32 Å². The highest BCUT2D eigenvalue weighted by Gasteiger charge is 2.24. The van der Waals surface area contributed by atoms with Crippen LogP contribution in [-0.2, 0) is 9.53 Å². The van der Waals surface area contributed by atoms with Crippen LogP contribution in [0.25, 0.3) is 0 Å². The van der Waals surface area contributed by atoms with Crippen LogP contribution in [0.15, 0.2) is 18.2 Å². The van der Waals surface area contributed by atoms with Gasteiger partial charge in [-0.1, -0.05) is 0 Å². The first-order chi connectivity index (χ1) is 9.97. The van der Waals surface area contributed by atoms with Gasteiger partial charge >= 0.3 is 0 Å². The third-order valence-electron chi connectivity index (χ3n) is 3.23. The molecule has 1 aromatic rings. The van der Waals surface area contributed by atoms with E-state index < -0.39 is 6.10 Å². The number of hydrogen-bond acceptors (Lipinski definition) is 4. The summed E-state index contributed by atoms with van der Waals surface area (Å²) in [5.41, 5.74) is 1.05. The molecule has 21 heavy (non-hydrogen) atoms. The Balaban J connectivity index is 2.22. The van der Waals surface area contributed by atoms with Crippen LogP contribution in [-0.4, -0.2) is 30.5 Å². The quantitative estimate of drug-likeness (QED) is 0.847. The second-order valence-corrected chi connectivity index (χ2v) is 5.42. The summed E-state index contributed by atoms with van der Waals surface area (Å²) in [6, 6.07) is 5.05. The Bertz CT molecular complexity index is 533. The molecule has 0 bridgehead atoms. The Hall–Kier alpha value is -1.88. The molecular formula is C16H21NO4. The lowest BCUT2D eigenvalue weighted by Gasteiger charge is -2.17. The number of nitrogens with one attached hydrogen (secondary N) is 1. The molecule has 1 heterocycles. The van der Waals surface area contributed by atoms with E-state index in [-0.39, 0.29) is 17.8 Å². The van der Waals surface area contributed by atoms with E-state index in [0.29, 0.717) is 23.6 Å². The van der Waals surface area contributed by atoms with Crippen molar-refractivity contribution in [1.29, 1.82) is 0 Å². The molecule has 5 nitrogen and oxygen atoms in total. The predicted molar refractivity (Wildman–Crippen MR) is 79.8 cm³/mol. The van der Waals surface area contributed by atoms with E-state index in [1.165, 1.54) is 6.92 Å². The highest BCUT2D eigenvalue weighted by Crippen LogP contribution is 2.28. The standard InChI is InChI=1S/C16H21NO4/c1-10(2)21-14-7-6-12(11(3)18)9-13(14)17-16(19)15-5-4-8-20-15/h6-7,9-10,15H,4-5,8H2,1-3H3,(H,17,19). The molecular weight excluding hydrogens is 270 g/mol. The molecule has 0 radical (unpaired) electrons. The molecule has 0 aliphatic carbocycles. The molecule has 1 aliphatic heterocycles. The van der Waals surface area contributed by atoms with Gasteiger partial charge in [-0.05, 0) is 51.8 Å². The average Bonchev–Trinajstić information content (AvgIpc) is 2.93. The molecule has 1 fully saturated rings. The lowest BCUT2D eigenvalue weighted by molar-refractivity contribution is -0.124. The van der Waals surface area contributed by atoms with Gasteiger partial charge in [-0.25, -0.2) is 0 Å². The number of Topliss-reactive ketones (excluding diaryl/α,β-unsaturated/α-hetero) is 1. The second kappa shape index (κ2) is 6.72. The fourth-order valence-electron chi connectivity index (χ4n) is 2.20. The Morgan fingerprint density at radius 1 is 1.38 bits per heavy atom. The number of amides is 1. The molecule has 114 valence electrons. The first-order valence-corrected chi connectivity index (χ1v) is 7.21. The van der Waals surface area contributed by atoms with Crippen molar-refractivity contribution in [3.8, 4) is 5.75 Å². The maximum Gasteiger partial charge on any atom is 0.253 e. The molecule has 0 aromatic heterocycles. The van der Waals surface area contributed by atoms with Crippen molar-refractivity contribution in [3.05, 3.63) is 23.8 Å². The molecule has 1 amide bonds. The van der Waals surface area contributed by atoms with E-state index in [1.807, 2.05) is 13.8 Å². The van der Waals surface area contributed by atoms with Crippen LogP contribution in [0, 0.1) is 0 Å². The number of hydrogen-bond donors (Lipinski definition) is 1. The van der Waals surface area contributed by atoms with Crippen LogP contribution in [0.3, 0.4) is 0 Å². The topological polar surface area (TPSA) is 64.6 Å². The first-order valence-electron chi connectivity index (χ1n) is 7.21. The lowest BCUT2D eigenvalue weighted by atomic mass is 10.1. The molecule has 5 heteroatoms. The summed E-state index contributed by atoms with van der Waals surface area (Å²) >= 11 is 0. The zero-order valence-electron chi connectivity index (χ0n) is 12.6. The molecule has 1 aliphatic rings. The number of benzene rings is 1. The molecule has 0 spiro atoms. The van der Waals surface area contributed by atoms with Gasteiger partial charge in [0, 0.05) is 12.2 Å². The van der Waals surface area contributed by atoms with Gasteiger partial charge in [-0.3, -0.25) is 9.59 Å². The number of ketones is 1. The van der Waals surface area contributed by atoms with Crippen LogP contribution in [0.4, 0.5) is 5.69 Å². The van der Waals surface area contributed by atoms with Crippen LogP contribution in [0.1, 0.15) is 44.0 Å². The molecule has 1 atom stereocenters. The Morgan fingerprint density at radius 3 is 2.71 bits per heavy atom. The Kier molecular flexibility index (Phi) is 4.96. The summed E-state index contributed by atoms with van der Waals surface area (Å²) in [6.07, 6.45) is 1.17. The number of anilines is 1. The van der Waals surface area contributed by atoms with Crippen LogP contribution < -0.4 is 10.1 Å². The normalized spacial score (nSPS) is 17.8. The maximum absolute atomic E-state index is 12.2. The van der Waals surface area contributed by atoms with Crippen molar-refractivity contribution < 1.29 is 19.1 Å². The largest absolute Gasteiger partial charge is 0.489 e. The van der Waals surface area contributed by atoms with E-state index in [0.717, 1.165) is 12.8 Å². The minimum absolute atomic E-state index is 0.0217. The van der Waals surface area contributed by atoms with E-state index >= 15 is 0 Å². The van der Waals surface area contributed by atoms with Gasteiger partial charge in [-0.15, -0.1) is 0 Å². The van der Waals surface area contributed by atoms with E-state index in [1.54, 1.807) is 18.2 Å². The van der Waals surface area contributed by atoms with Crippen LogP contribution >= 0.6 is 0 Å². The van der Waals surface area contributed by atoms with Crippen LogP contribution in [0.2, 0.25) is 0 Å². The van der Waals surface area contributed by atoms with Crippen molar-refractivity contribution in [2.45, 2.75) is 45.8 Å². The first kappa shape index (κ1) is 15.5. The monoisotopic (exact) mass is 291 g/mol. The highest BCUT2D eigenvalue weighted by atomic mass is 16.5. The van der Waals surface area contributed by atoms with Gasteiger partial charge in [0.2, 0.25) is 0 Å². The molecule has 1 N–H and O–H groups in total. The molecule has 1 saturated heterocycles. The smallest absolute Gasteiger partial charge is 0.253 e. The Morgan fingerprint density at radius 2 is 2.14 bits per heavy atom. The summed E-state index contributed by atoms with van der Waals surface area (Å²) in [4.78, 5) is 23.7. The van der Waals surface area contributed by atoms with Gasteiger partial charge in [0.15, 0.2) is 5.78 Å². The van der Waals surface area contributed by atoms with Gasteiger partial charge in [0.25, 0.3) is 5.91 Å². The van der Waals surface area contributed by atoms with E-state index in [9.17, 15) is 9.59 Å². The predicted octanol–water partition coefficient (Wildman–Crippen LogP) is 2.79. The van der Waals surface area contributed by atoms with Crippen molar-refractivity contribution in [2.75, 3.05) is 11.9 Å². The number of ether oxygens (including phenoxy) is 2. The van der Waals surface area contributed by atoms with Gasteiger partial charge in [0.05, 0.1) is 11.8 Å². The molecule has 1 unspecified atom stereocenters. The summed E-state index contributed by atoms with van der Waals surface area (Å²) in [5.74, 6) is 0.307. The van der Waals surface area contributed by atoms with E-state index in [4.69, 9.17) is 9.47 Å². The molecule has 1 aromatic carbocycles.